The van der Waals surface area contributed by atoms with Crippen LogP contribution in [0.4, 0.5) is 11.5 Å². The van der Waals surface area contributed by atoms with Gasteiger partial charge in [0, 0.05) is 13.1 Å². The standard InChI is InChI=1S/C15H16N4O6S/c1-9-16-14(13(19(21)22)15(20)17-9)18-6-4-10-2-3-12(26(23,24)25)8-11(10)5-7-18/h2-3,8H,4-7H2,1H3,(H,16,17,20)(H,23,24,25). The summed E-state index contributed by atoms with van der Waals surface area (Å²) in [6.45, 7) is 2.24. The Hall–Kier alpha value is -2.79. The van der Waals surface area contributed by atoms with Gasteiger partial charge in [0.05, 0.1) is 9.82 Å². The number of aromatic nitrogens is 2. The minimum absolute atomic E-state index is 0.000871. The van der Waals surface area contributed by atoms with E-state index in [0.717, 1.165) is 11.1 Å². The van der Waals surface area contributed by atoms with Crippen molar-refractivity contribution in [2.24, 2.45) is 0 Å². The maximum atomic E-state index is 11.9. The Morgan fingerprint density at radius 2 is 1.92 bits per heavy atom. The summed E-state index contributed by atoms with van der Waals surface area (Å²) < 4.78 is 31.8. The van der Waals surface area contributed by atoms with E-state index in [-0.39, 0.29) is 16.5 Å². The molecule has 2 aromatic rings. The summed E-state index contributed by atoms with van der Waals surface area (Å²) in [6.07, 6.45) is 0.884. The van der Waals surface area contributed by atoms with Gasteiger partial charge in [-0.2, -0.15) is 8.42 Å². The second kappa shape index (κ2) is 6.50. The first-order chi connectivity index (χ1) is 12.2. The van der Waals surface area contributed by atoms with Crippen molar-refractivity contribution < 1.29 is 17.9 Å². The molecule has 0 aliphatic carbocycles. The molecule has 1 aromatic heterocycles. The Bertz CT molecular complexity index is 1050. The first kappa shape index (κ1) is 18.0. The summed E-state index contributed by atoms with van der Waals surface area (Å²) in [5.41, 5.74) is 0.184. The molecule has 2 heterocycles. The normalized spacial score (nSPS) is 14.6. The lowest BCUT2D eigenvalue weighted by Gasteiger charge is -2.20. The predicted molar refractivity (Wildman–Crippen MR) is 92.1 cm³/mol. The number of nitro groups is 1. The molecule has 0 saturated carbocycles. The van der Waals surface area contributed by atoms with E-state index in [1.54, 1.807) is 17.9 Å². The SMILES string of the molecule is Cc1nc(N2CCc3ccc(S(=O)(=O)O)cc3CC2)c([N+](=O)[O-])c(=O)[nH]1. The monoisotopic (exact) mass is 380 g/mol. The minimum Gasteiger partial charge on any atom is -0.350 e. The molecule has 10 nitrogen and oxygen atoms in total. The third kappa shape index (κ3) is 3.44. The predicted octanol–water partition coefficient (Wildman–Crippen LogP) is 0.838. The van der Waals surface area contributed by atoms with Crippen LogP contribution >= 0.6 is 0 Å². The maximum absolute atomic E-state index is 11.9. The molecule has 0 amide bonds. The van der Waals surface area contributed by atoms with Crippen LogP contribution in [0.25, 0.3) is 0 Å². The molecule has 3 rings (SSSR count). The lowest BCUT2D eigenvalue weighted by Crippen LogP contribution is -2.30. The molecule has 11 heteroatoms. The molecule has 0 fully saturated rings. The number of benzene rings is 1. The van der Waals surface area contributed by atoms with Gasteiger partial charge in [0.2, 0.25) is 5.82 Å². The van der Waals surface area contributed by atoms with Crippen LogP contribution in [0.1, 0.15) is 17.0 Å². The first-order valence-electron chi connectivity index (χ1n) is 7.76. The zero-order valence-corrected chi connectivity index (χ0v) is 14.6. The van der Waals surface area contributed by atoms with E-state index in [2.05, 4.69) is 9.97 Å². The van der Waals surface area contributed by atoms with Crippen molar-refractivity contribution >= 4 is 21.6 Å². The number of anilines is 1. The van der Waals surface area contributed by atoms with Crippen molar-refractivity contribution in [3.63, 3.8) is 0 Å². The van der Waals surface area contributed by atoms with Crippen molar-refractivity contribution in [2.45, 2.75) is 24.7 Å². The van der Waals surface area contributed by atoms with Crippen LogP contribution in [0.15, 0.2) is 27.9 Å². The molecule has 2 N–H and O–H groups in total. The van der Waals surface area contributed by atoms with Gasteiger partial charge in [0.1, 0.15) is 5.82 Å². The van der Waals surface area contributed by atoms with Gasteiger partial charge >= 0.3 is 11.2 Å². The van der Waals surface area contributed by atoms with Crippen LogP contribution in [0, 0.1) is 17.0 Å². The number of rotatable bonds is 3. The molecule has 0 bridgehead atoms. The summed E-state index contributed by atoms with van der Waals surface area (Å²) in [7, 11) is -4.30. The molecule has 26 heavy (non-hydrogen) atoms. The van der Waals surface area contributed by atoms with Crippen LogP contribution in [-0.4, -0.2) is 41.0 Å². The largest absolute Gasteiger partial charge is 0.375 e. The molecule has 0 radical (unpaired) electrons. The Morgan fingerprint density at radius 1 is 1.27 bits per heavy atom. The van der Waals surface area contributed by atoms with E-state index in [9.17, 15) is 27.9 Å². The highest BCUT2D eigenvalue weighted by molar-refractivity contribution is 7.85. The van der Waals surface area contributed by atoms with Gasteiger partial charge in [0.15, 0.2) is 0 Å². The zero-order chi connectivity index (χ0) is 19.1. The fourth-order valence-corrected chi connectivity index (χ4v) is 3.55. The maximum Gasteiger partial charge on any atom is 0.375 e. The van der Waals surface area contributed by atoms with Crippen LogP contribution in [0.2, 0.25) is 0 Å². The van der Waals surface area contributed by atoms with E-state index in [1.807, 2.05) is 0 Å². The van der Waals surface area contributed by atoms with Gasteiger partial charge in [-0.15, -0.1) is 0 Å². The molecule has 0 spiro atoms. The van der Waals surface area contributed by atoms with E-state index >= 15 is 0 Å². The topological polar surface area (TPSA) is 146 Å². The smallest absolute Gasteiger partial charge is 0.350 e. The fraction of sp³-hybridized carbons (Fsp3) is 0.333. The van der Waals surface area contributed by atoms with Gasteiger partial charge in [0.25, 0.3) is 10.1 Å². The van der Waals surface area contributed by atoms with Crippen LogP contribution < -0.4 is 10.5 Å². The number of fused-ring (bicyclic) bond motifs is 1. The molecule has 0 saturated heterocycles. The van der Waals surface area contributed by atoms with Crippen LogP contribution in [-0.2, 0) is 23.0 Å². The Kier molecular flexibility index (Phi) is 4.50. The molecular weight excluding hydrogens is 364 g/mol. The molecule has 1 aliphatic rings. The summed E-state index contributed by atoms with van der Waals surface area (Å²) >= 11 is 0. The number of hydrogen-bond donors (Lipinski definition) is 2. The van der Waals surface area contributed by atoms with Gasteiger partial charge in [-0.25, -0.2) is 4.98 Å². The summed E-state index contributed by atoms with van der Waals surface area (Å²) in [5, 5.41) is 11.3. The number of aromatic amines is 1. The van der Waals surface area contributed by atoms with Gasteiger partial charge in [-0.05, 0) is 43.0 Å². The lowest BCUT2D eigenvalue weighted by molar-refractivity contribution is -0.385. The van der Waals surface area contributed by atoms with Crippen molar-refractivity contribution in [3.05, 3.63) is 55.6 Å². The molecule has 0 unspecified atom stereocenters. The van der Waals surface area contributed by atoms with Crippen molar-refractivity contribution in [3.8, 4) is 0 Å². The van der Waals surface area contributed by atoms with E-state index < -0.39 is 26.3 Å². The van der Waals surface area contributed by atoms with E-state index in [1.165, 1.54) is 12.1 Å². The highest BCUT2D eigenvalue weighted by Crippen LogP contribution is 2.26. The molecule has 1 aromatic carbocycles. The third-order valence-electron chi connectivity index (χ3n) is 4.25. The average Bonchev–Trinajstić information content (AvgIpc) is 2.74. The Labute approximate surface area is 148 Å². The van der Waals surface area contributed by atoms with Crippen molar-refractivity contribution in [2.75, 3.05) is 18.0 Å². The molecule has 0 atom stereocenters. The van der Waals surface area contributed by atoms with Crippen LogP contribution in [0.3, 0.4) is 0 Å². The molecule has 1 aliphatic heterocycles. The zero-order valence-electron chi connectivity index (χ0n) is 13.8. The minimum atomic E-state index is -4.30. The average molecular weight is 380 g/mol. The second-order valence-electron chi connectivity index (χ2n) is 5.97. The van der Waals surface area contributed by atoms with Gasteiger partial charge < -0.3 is 9.88 Å². The number of nitrogens with one attached hydrogen (secondary N) is 1. The first-order valence-corrected chi connectivity index (χ1v) is 9.20. The summed E-state index contributed by atoms with van der Waals surface area (Å²) in [5.74, 6) is 0.269. The molecule has 138 valence electrons. The number of H-pyrrole nitrogens is 1. The lowest BCUT2D eigenvalue weighted by atomic mass is 10.0. The highest BCUT2D eigenvalue weighted by atomic mass is 32.2. The fourth-order valence-electron chi connectivity index (χ4n) is 3.02. The van der Waals surface area contributed by atoms with E-state index in [4.69, 9.17) is 0 Å². The van der Waals surface area contributed by atoms with Crippen molar-refractivity contribution in [1.82, 2.24) is 9.97 Å². The van der Waals surface area contributed by atoms with Gasteiger partial charge in [-0.3, -0.25) is 19.5 Å². The Balaban J connectivity index is 1.98. The number of hydrogen-bond acceptors (Lipinski definition) is 7. The third-order valence-corrected chi connectivity index (χ3v) is 5.10. The summed E-state index contributed by atoms with van der Waals surface area (Å²) in [6, 6.07) is 4.34. The van der Waals surface area contributed by atoms with Gasteiger partial charge in [-0.1, -0.05) is 6.07 Å². The molecular formula is C15H16N4O6S. The number of nitrogens with zero attached hydrogens (tertiary/aromatic N) is 3. The quantitative estimate of drug-likeness (QED) is 0.452. The number of aryl methyl sites for hydroxylation is 1. The van der Waals surface area contributed by atoms with Crippen LogP contribution in [0.5, 0.6) is 0 Å². The Morgan fingerprint density at radius 3 is 2.54 bits per heavy atom. The van der Waals surface area contributed by atoms with Crippen molar-refractivity contribution in [1.29, 1.82) is 0 Å². The van der Waals surface area contributed by atoms with E-state index in [0.29, 0.717) is 25.9 Å². The summed E-state index contributed by atoms with van der Waals surface area (Å²) in [4.78, 5) is 30.4. The second-order valence-corrected chi connectivity index (χ2v) is 7.39. The highest BCUT2D eigenvalue weighted by Gasteiger charge is 2.28.